The van der Waals surface area contributed by atoms with Crippen molar-refractivity contribution in [1.82, 2.24) is 10.2 Å². The average molecular weight is 336 g/mol. The first-order chi connectivity index (χ1) is 11.4. The molecule has 0 aliphatic heterocycles. The monoisotopic (exact) mass is 336 g/mol. The highest BCUT2D eigenvalue weighted by atomic mass is 19.1. The van der Waals surface area contributed by atoms with Crippen molar-refractivity contribution in [1.29, 1.82) is 0 Å². The number of aliphatic carboxylic acids is 1. The van der Waals surface area contributed by atoms with Crippen LogP contribution in [0, 0.1) is 17.7 Å². The maximum Gasteiger partial charge on any atom is 0.306 e. The molecule has 0 bridgehead atoms. The first kappa shape index (κ1) is 18.4. The van der Waals surface area contributed by atoms with Gasteiger partial charge in [-0.05, 0) is 51.8 Å². The average Bonchev–Trinajstić information content (AvgIpc) is 2.55. The minimum atomic E-state index is -0.732. The standard InChI is InChI=1S/C18H25FN2O3/c1-21(2)16(14-5-3-4-6-15(14)19)17(22)20-11-12-7-9-13(10-8-12)18(23)24/h3-6,12-13,16H,7-11H2,1-2H3,(H,20,22)(H,23,24). The summed E-state index contributed by atoms with van der Waals surface area (Å²) in [5, 5.41) is 11.9. The molecule has 0 spiro atoms. The number of nitrogens with one attached hydrogen (secondary N) is 1. The van der Waals surface area contributed by atoms with E-state index in [1.54, 1.807) is 37.2 Å². The molecular formula is C18H25FN2O3. The molecule has 0 heterocycles. The largest absolute Gasteiger partial charge is 0.481 e. The van der Waals surface area contributed by atoms with Crippen LogP contribution in [0.3, 0.4) is 0 Å². The van der Waals surface area contributed by atoms with E-state index in [9.17, 15) is 14.0 Å². The van der Waals surface area contributed by atoms with E-state index >= 15 is 0 Å². The molecule has 1 aliphatic carbocycles. The molecule has 24 heavy (non-hydrogen) atoms. The van der Waals surface area contributed by atoms with E-state index in [4.69, 9.17) is 5.11 Å². The van der Waals surface area contributed by atoms with E-state index in [0.29, 0.717) is 24.9 Å². The first-order valence-corrected chi connectivity index (χ1v) is 8.31. The van der Waals surface area contributed by atoms with Crippen molar-refractivity contribution in [3.05, 3.63) is 35.6 Å². The fourth-order valence-electron chi connectivity index (χ4n) is 3.31. The topological polar surface area (TPSA) is 69.6 Å². The summed E-state index contributed by atoms with van der Waals surface area (Å²) in [5.74, 6) is -1.33. The van der Waals surface area contributed by atoms with Crippen molar-refractivity contribution >= 4 is 11.9 Å². The van der Waals surface area contributed by atoms with Gasteiger partial charge in [0.1, 0.15) is 11.9 Å². The zero-order valence-electron chi connectivity index (χ0n) is 14.2. The van der Waals surface area contributed by atoms with Crippen LogP contribution in [-0.2, 0) is 9.59 Å². The van der Waals surface area contributed by atoms with Gasteiger partial charge in [0.05, 0.1) is 5.92 Å². The molecular weight excluding hydrogens is 311 g/mol. The smallest absolute Gasteiger partial charge is 0.306 e. The number of carbonyl (C=O) groups excluding carboxylic acids is 1. The lowest BCUT2D eigenvalue weighted by molar-refractivity contribution is -0.143. The molecule has 1 amide bonds. The molecule has 0 saturated heterocycles. The molecule has 1 unspecified atom stereocenters. The molecule has 1 aromatic carbocycles. The van der Waals surface area contributed by atoms with E-state index < -0.39 is 17.8 Å². The van der Waals surface area contributed by atoms with Crippen LogP contribution in [0.2, 0.25) is 0 Å². The van der Waals surface area contributed by atoms with Crippen LogP contribution < -0.4 is 5.32 Å². The van der Waals surface area contributed by atoms with Gasteiger partial charge in [-0.25, -0.2) is 4.39 Å². The number of hydrogen-bond acceptors (Lipinski definition) is 3. The Morgan fingerprint density at radius 3 is 2.42 bits per heavy atom. The molecule has 1 saturated carbocycles. The number of hydrogen-bond donors (Lipinski definition) is 2. The highest BCUT2D eigenvalue weighted by molar-refractivity contribution is 5.83. The lowest BCUT2D eigenvalue weighted by Crippen LogP contribution is -2.40. The van der Waals surface area contributed by atoms with E-state index in [0.717, 1.165) is 12.8 Å². The summed E-state index contributed by atoms with van der Waals surface area (Å²) >= 11 is 0. The Balaban J connectivity index is 1.93. The molecule has 0 aromatic heterocycles. The maximum absolute atomic E-state index is 14.0. The van der Waals surface area contributed by atoms with E-state index in [1.165, 1.54) is 6.07 Å². The minimum Gasteiger partial charge on any atom is -0.481 e. The lowest BCUT2D eigenvalue weighted by Gasteiger charge is -2.28. The summed E-state index contributed by atoms with van der Waals surface area (Å²) < 4.78 is 14.0. The van der Waals surface area contributed by atoms with E-state index in [1.807, 2.05) is 0 Å². The molecule has 1 aromatic rings. The minimum absolute atomic E-state index is 0.231. The summed E-state index contributed by atoms with van der Waals surface area (Å²) in [6.45, 7) is 0.504. The Morgan fingerprint density at radius 2 is 1.88 bits per heavy atom. The number of nitrogens with zero attached hydrogens (tertiary/aromatic N) is 1. The Kier molecular flexibility index (Phi) is 6.31. The van der Waals surface area contributed by atoms with E-state index in [-0.39, 0.29) is 17.7 Å². The van der Waals surface area contributed by atoms with Crippen molar-refractivity contribution in [2.45, 2.75) is 31.7 Å². The summed E-state index contributed by atoms with van der Waals surface area (Å²) in [4.78, 5) is 25.2. The zero-order chi connectivity index (χ0) is 17.7. The number of benzene rings is 1. The lowest BCUT2D eigenvalue weighted by atomic mass is 9.82. The van der Waals surface area contributed by atoms with Crippen molar-refractivity contribution in [2.24, 2.45) is 11.8 Å². The van der Waals surface area contributed by atoms with Gasteiger partial charge in [-0.1, -0.05) is 18.2 Å². The van der Waals surface area contributed by atoms with Crippen LogP contribution in [0.15, 0.2) is 24.3 Å². The molecule has 6 heteroatoms. The molecule has 1 atom stereocenters. The molecule has 1 aliphatic rings. The number of amides is 1. The summed E-state index contributed by atoms with van der Waals surface area (Å²) in [7, 11) is 3.49. The third kappa shape index (κ3) is 4.54. The van der Waals surface area contributed by atoms with Crippen LogP contribution in [-0.4, -0.2) is 42.5 Å². The highest BCUT2D eigenvalue weighted by Gasteiger charge is 2.28. The first-order valence-electron chi connectivity index (χ1n) is 8.31. The molecule has 0 radical (unpaired) electrons. The van der Waals surface area contributed by atoms with Gasteiger partial charge in [-0.3, -0.25) is 14.5 Å². The number of likely N-dealkylation sites (N-methyl/N-ethyl adjacent to an activating group) is 1. The zero-order valence-corrected chi connectivity index (χ0v) is 14.2. The van der Waals surface area contributed by atoms with Gasteiger partial charge in [-0.15, -0.1) is 0 Å². The second-order valence-electron chi connectivity index (χ2n) is 6.69. The van der Waals surface area contributed by atoms with Gasteiger partial charge in [-0.2, -0.15) is 0 Å². The second kappa shape index (κ2) is 8.24. The fraction of sp³-hybridized carbons (Fsp3) is 0.556. The number of carboxylic acids is 1. The van der Waals surface area contributed by atoms with Crippen LogP contribution in [0.25, 0.3) is 0 Å². The second-order valence-corrected chi connectivity index (χ2v) is 6.69. The van der Waals surface area contributed by atoms with Crippen LogP contribution in [0.1, 0.15) is 37.3 Å². The van der Waals surface area contributed by atoms with Crippen molar-refractivity contribution in [3.8, 4) is 0 Å². The quantitative estimate of drug-likeness (QED) is 0.837. The SMILES string of the molecule is CN(C)C(C(=O)NCC1CCC(C(=O)O)CC1)c1ccccc1F. The third-order valence-corrected chi connectivity index (χ3v) is 4.73. The Hall–Kier alpha value is -1.95. The predicted octanol–water partition coefficient (Wildman–Crippen LogP) is 2.44. The van der Waals surface area contributed by atoms with Crippen LogP contribution in [0.4, 0.5) is 4.39 Å². The summed E-state index contributed by atoms with van der Waals surface area (Å²) in [5.41, 5.74) is 0.356. The summed E-state index contributed by atoms with van der Waals surface area (Å²) in [6, 6.07) is 5.62. The normalized spacial score (nSPS) is 22.2. The fourth-order valence-corrected chi connectivity index (χ4v) is 3.31. The predicted molar refractivity (Wildman–Crippen MR) is 88.9 cm³/mol. The molecule has 132 valence electrons. The molecule has 2 N–H and O–H groups in total. The van der Waals surface area contributed by atoms with Gasteiger partial charge < -0.3 is 10.4 Å². The number of rotatable bonds is 6. The van der Waals surface area contributed by atoms with Gasteiger partial charge in [0.2, 0.25) is 5.91 Å². The number of halogens is 1. The van der Waals surface area contributed by atoms with E-state index in [2.05, 4.69) is 5.32 Å². The highest BCUT2D eigenvalue weighted by Crippen LogP contribution is 2.29. The van der Waals surface area contributed by atoms with Crippen molar-refractivity contribution in [3.63, 3.8) is 0 Å². The van der Waals surface area contributed by atoms with Crippen LogP contribution in [0.5, 0.6) is 0 Å². The third-order valence-electron chi connectivity index (χ3n) is 4.73. The molecule has 1 fully saturated rings. The Bertz CT molecular complexity index is 583. The maximum atomic E-state index is 14.0. The van der Waals surface area contributed by atoms with Gasteiger partial charge in [0.25, 0.3) is 0 Å². The molecule has 2 rings (SSSR count). The number of carboxylic acid groups (broad SMARTS) is 1. The number of carbonyl (C=O) groups is 2. The van der Waals surface area contributed by atoms with Crippen molar-refractivity contribution < 1.29 is 19.1 Å². The van der Waals surface area contributed by atoms with Gasteiger partial charge >= 0.3 is 5.97 Å². The Labute approximate surface area is 141 Å². The summed E-state index contributed by atoms with van der Waals surface area (Å²) in [6.07, 6.45) is 2.90. The van der Waals surface area contributed by atoms with Gasteiger partial charge in [0, 0.05) is 12.1 Å². The van der Waals surface area contributed by atoms with Crippen LogP contribution >= 0.6 is 0 Å². The van der Waals surface area contributed by atoms with Gasteiger partial charge in [0.15, 0.2) is 0 Å². The van der Waals surface area contributed by atoms with Crippen molar-refractivity contribution in [2.75, 3.05) is 20.6 Å². The Morgan fingerprint density at radius 1 is 1.25 bits per heavy atom. The molecule has 5 nitrogen and oxygen atoms in total.